The standard InChI is InChI=1S/C47H78NO8P/c1-3-5-7-9-11-13-15-17-19-20-21-22-23-24-26-28-30-32-34-36-38-40-47(50)56-45(44-55-57(51,52)54-42-41-48)43-53-46(49)39-37-35-33-31-29-27-25-18-16-14-12-10-8-6-4-2/h5-8,11-14,17-19,21-22,24-26,45H,3-4,9-10,15-16,20,23,27-44,48H2,1-2H3,(H,51,52)/b7-5-,8-6-,13-11-,14-12-,19-17-,22-21-,25-18-,26-24-. The number of phosphoric ester groups is 1. The molecule has 0 bridgehead atoms. The smallest absolute Gasteiger partial charge is 0.462 e. The molecule has 0 saturated heterocycles. The number of esters is 2. The van der Waals surface area contributed by atoms with Crippen LogP contribution in [0.2, 0.25) is 0 Å². The van der Waals surface area contributed by atoms with E-state index in [4.69, 9.17) is 24.3 Å². The van der Waals surface area contributed by atoms with Gasteiger partial charge in [0.15, 0.2) is 6.10 Å². The van der Waals surface area contributed by atoms with Crippen molar-refractivity contribution in [2.24, 2.45) is 5.73 Å². The minimum absolute atomic E-state index is 0.0415. The average molecular weight is 816 g/mol. The monoisotopic (exact) mass is 816 g/mol. The molecule has 0 aromatic heterocycles. The van der Waals surface area contributed by atoms with E-state index in [1.54, 1.807) is 0 Å². The SMILES string of the molecule is CC/C=C\C/C=C\C/C=C\C/C=C\C/C=C\CCCCCCCC(=O)OC(COC(=O)CCCCCCC/C=C\C/C=C\C/C=C\CC)COP(=O)(O)OCCN. The lowest BCUT2D eigenvalue weighted by molar-refractivity contribution is -0.161. The van der Waals surface area contributed by atoms with E-state index in [1.165, 1.54) is 0 Å². The second kappa shape index (κ2) is 42.5. The third kappa shape index (κ3) is 42.4. The zero-order chi connectivity index (χ0) is 41.8. The fraction of sp³-hybridized carbons (Fsp3) is 0.617. The number of unbranched alkanes of at least 4 members (excludes halogenated alkanes) is 10. The van der Waals surface area contributed by atoms with Crippen LogP contribution in [0.4, 0.5) is 0 Å². The molecule has 3 N–H and O–H groups in total. The summed E-state index contributed by atoms with van der Waals surface area (Å²) in [5.41, 5.74) is 5.34. The molecule has 0 aromatic rings. The Bertz CT molecular complexity index is 1250. The number of hydrogen-bond donors (Lipinski definition) is 2. The van der Waals surface area contributed by atoms with Crippen LogP contribution in [0.15, 0.2) is 97.2 Å². The molecule has 10 heteroatoms. The number of rotatable bonds is 39. The van der Waals surface area contributed by atoms with Gasteiger partial charge < -0.3 is 20.1 Å². The summed E-state index contributed by atoms with van der Waals surface area (Å²) in [7, 11) is -4.39. The first kappa shape index (κ1) is 53.9. The van der Waals surface area contributed by atoms with Gasteiger partial charge in [-0.05, 0) is 89.9 Å². The molecule has 0 aliphatic carbocycles. The third-order valence-electron chi connectivity index (χ3n) is 8.47. The summed E-state index contributed by atoms with van der Waals surface area (Å²) in [4.78, 5) is 34.9. The molecule has 0 heterocycles. The van der Waals surface area contributed by atoms with Crippen molar-refractivity contribution in [3.05, 3.63) is 97.2 Å². The zero-order valence-electron chi connectivity index (χ0n) is 35.5. The Hall–Kier alpha value is -3.07. The van der Waals surface area contributed by atoms with Gasteiger partial charge in [0.05, 0.1) is 13.2 Å². The van der Waals surface area contributed by atoms with Gasteiger partial charge in [-0.2, -0.15) is 0 Å². The number of carbonyl (C=O) groups is 2. The normalized spacial score (nSPS) is 14.2. The van der Waals surface area contributed by atoms with Crippen LogP contribution in [0.1, 0.15) is 155 Å². The van der Waals surface area contributed by atoms with E-state index >= 15 is 0 Å². The van der Waals surface area contributed by atoms with E-state index in [-0.39, 0.29) is 32.6 Å². The summed E-state index contributed by atoms with van der Waals surface area (Å²) in [6, 6.07) is 0. The maximum Gasteiger partial charge on any atom is 0.472 e. The summed E-state index contributed by atoms with van der Waals surface area (Å²) >= 11 is 0. The van der Waals surface area contributed by atoms with Gasteiger partial charge in [-0.25, -0.2) is 4.57 Å². The molecule has 0 radical (unpaired) electrons. The quantitative estimate of drug-likeness (QED) is 0.0269. The summed E-state index contributed by atoms with van der Waals surface area (Å²) in [6.45, 7) is 3.44. The van der Waals surface area contributed by atoms with Crippen LogP contribution >= 0.6 is 7.82 Å². The van der Waals surface area contributed by atoms with E-state index in [2.05, 4.69) is 111 Å². The summed E-state index contributed by atoms with van der Waals surface area (Å²) in [5, 5.41) is 0. The highest BCUT2D eigenvalue weighted by molar-refractivity contribution is 7.47. The van der Waals surface area contributed by atoms with Crippen LogP contribution in [-0.2, 0) is 32.7 Å². The molecule has 0 aromatic carbocycles. The van der Waals surface area contributed by atoms with Crippen molar-refractivity contribution in [1.29, 1.82) is 0 Å². The Morgan fingerprint density at radius 3 is 1.35 bits per heavy atom. The van der Waals surface area contributed by atoms with E-state index in [0.717, 1.165) is 116 Å². The Labute approximate surface area is 346 Å². The number of allylic oxidation sites excluding steroid dienone is 16. The van der Waals surface area contributed by atoms with Gasteiger partial charge in [-0.3, -0.25) is 18.6 Å². The van der Waals surface area contributed by atoms with E-state index in [1.807, 2.05) is 0 Å². The molecule has 57 heavy (non-hydrogen) atoms. The average Bonchev–Trinajstić information content (AvgIpc) is 3.20. The van der Waals surface area contributed by atoms with Crippen molar-refractivity contribution in [3.63, 3.8) is 0 Å². The van der Waals surface area contributed by atoms with Crippen LogP contribution in [0.3, 0.4) is 0 Å². The molecule has 2 atom stereocenters. The number of ether oxygens (including phenoxy) is 2. The fourth-order valence-corrected chi connectivity index (χ4v) is 6.09. The van der Waals surface area contributed by atoms with Crippen molar-refractivity contribution in [2.45, 2.75) is 161 Å². The molecule has 9 nitrogen and oxygen atoms in total. The van der Waals surface area contributed by atoms with Crippen LogP contribution < -0.4 is 5.73 Å². The highest BCUT2D eigenvalue weighted by atomic mass is 31.2. The van der Waals surface area contributed by atoms with Crippen LogP contribution in [0, 0.1) is 0 Å². The Morgan fingerprint density at radius 2 is 0.912 bits per heavy atom. The van der Waals surface area contributed by atoms with Gasteiger partial charge in [0.25, 0.3) is 0 Å². The van der Waals surface area contributed by atoms with Crippen molar-refractivity contribution in [1.82, 2.24) is 0 Å². The number of phosphoric acid groups is 1. The highest BCUT2D eigenvalue weighted by Crippen LogP contribution is 2.43. The largest absolute Gasteiger partial charge is 0.472 e. The fourth-order valence-electron chi connectivity index (χ4n) is 5.32. The van der Waals surface area contributed by atoms with Crippen molar-refractivity contribution >= 4 is 19.8 Å². The minimum Gasteiger partial charge on any atom is -0.462 e. The first-order chi connectivity index (χ1) is 27.8. The predicted molar refractivity (Wildman–Crippen MR) is 238 cm³/mol. The predicted octanol–water partition coefficient (Wildman–Crippen LogP) is 12.6. The van der Waals surface area contributed by atoms with Crippen molar-refractivity contribution in [3.8, 4) is 0 Å². The maximum absolute atomic E-state index is 12.6. The Morgan fingerprint density at radius 1 is 0.526 bits per heavy atom. The van der Waals surface area contributed by atoms with Gasteiger partial charge in [-0.15, -0.1) is 0 Å². The lowest BCUT2D eigenvalue weighted by atomic mass is 10.1. The first-order valence-corrected chi connectivity index (χ1v) is 23.2. The second-order valence-electron chi connectivity index (χ2n) is 13.8. The molecular weight excluding hydrogens is 737 g/mol. The number of nitrogens with two attached hydrogens (primary N) is 1. The molecule has 0 aliphatic heterocycles. The Balaban J connectivity index is 4.24. The highest BCUT2D eigenvalue weighted by Gasteiger charge is 2.26. The molecule has 0 fully saturated rings. The van der Waals surface area contributed by atoms with Crippen molar-refractivity contribution < 1.29 is 37.6 Å². The molecule has 0 spiro atoms. The molecule has 0 aliphatic rings. The summed E-state index contributed by atoms with van der Waals surface area (Å²) in [5.74, 6) is -0.881. The number of hydrogen-bond acceptors (Lipinski definition) is 8. The molecule has 0 rings (SSSR count). The lowest BCUT2D eigenvalue weighted by Crippen LogP contribution is -2.29. The van der Waals surface area contributed by atoms with Crippen LogP contribution in [0.25, 0.3) is 0 Å². The molecule has 0 saturated carbocycles. The van der Waals surface area contributed by atoms with E-state index in [0.29, 0.717) is 12.8 Å². The first-order valence-electron chi connectivity index (χ1n) is 21.7. The zero-order valence-corrected chi connectivity index (χ0v) is 36.4. The summed E-state index contributed by atoms with van der Waals surface area (Å²) < 4.78 is 32.8. The third-order valence-corrected chi connectivity index (χ3v) is 9.45. The molecular formula is C47H78NO8P. The maximum atomic E-state index is 12.6. The number of carbonyl (C=O) groups excluding carboxylic acids is 2. The lowest BCUT2D eigenvalue weighted by Gasteiger charge is -2.19. The minimum atomic E-state index is -4.39. The van der Waals surface area contributed by atoms with Crippen LogP contribution in [0.5, 0.6) is 0 Å². The molecule has 0 amide bonds. The topological polar surface area (TPSA) is 134 Å². The van der Waals surface area contributed by atoms with Crippen LogP contribution in [-0.4, -0.2) is 49.3 Å². The summed E-state index contributed by atoms with van der Waals surface area (Å²) in [6.07, 6.45) is 54.3. The van der Waals surface area contributed by atoms with E-state index < -0.39 is 32.5 Å². The van der Waals surface area contributed by atoms with Gasteiger partial charge in [0, 0.05) is 19.4 Å². The van der Waals surface area contributed by atoms with E-state index in [9.17, 15) is 19.0 Å². The molecule has 324 valence electrons. The van der Waals surface area contributed by atoms with Crippen molar-refractivity contribution in [2.75, 3.05) is 26.4 Å². The second-order valence-corrected chi connectivity index (χ2v) is 15.2. The van der Waals surface area contributed by atoms with Gasteiger partial charge in [0.1, 0.15) is 6.61 Å². The Kier molecular flexibility index (Phi) is 40.2. The van der Waals surface area contributed by atoms with Gasteiger partial charge >= 0.3 is 19.8 Å². The van der Waals surface area contributed by atoms with Gasteiger partial charge in [0.2, 0.25) is 0 Å². The van der Waals surface area contributed by atoms with Gasteiger partial charge in [-0.1, -0.05) is 150 Å². The molecule has 2 unspecified atom stereocenters.